The van der Waals surface area contributed by atoms with Crippen molar-refractivity contribution in [1.82, 2.24) is 0 Å². The van der Waals surface area contributed by atoms with E-state index in [4.69, 9.17) is 0 Å². The third-order valence-electron chi connectivity index (χ3n) is 1.53. The van der Waals surface area contributed by atoms with Crippen LogP contribution in [-0.4, -0.2) is 12.3 Å². The van der Waals surface area contributed by atoms with Crippen LogP contribution in [-0.2, 0) is 0 Å². The molecule has 1 nitrogen and oxygen atoms in total. The van der Waals surface area contributed by atoms with E-state index in [0.717, 1.165) is 13.0 Å². The highest BCUT2D eigenvalue weighted by Crippen LogP contribution is 2.06. The summed E-state index contributed by atoms with van der Waals surface area (Å²) in [4.78, 5) is 4.30. The van der Waals surface area contributed by atoms with Crippen molar-refractivity contribution in [2.45, 2.75) is 34.1 Å². The zero-order valence-electron chi connectivity index (χ0n) is 8.59. The highest BCUT2D eigenvalue weighted by Gasteiger charge is 1.96. The van der Waals surface area contributed by atoms with Crippen molar-refractivity contribution in [1.29, 1.82) is 0 Å². The maximum absolute atomic E-state index is 4.30. The van der Waals surface area contributed by atoms with Gasteiger partial charge in [0.05, 0.1) is 0 Å². The number of aliphatic imine (C=N–C) groups is 1. The van der Waals surface area contributed by atoms with Gasteiger partial charge in [-0.2, -0.15) is 0 Å². The van der Waals surface area contributed by atoms with E-state index in [1.165, 1.54) is 11.3 Å². The molecule has 0 fully saturated rings. The van der Waals surface area contributed by atoms with Gasteiger partial charge in [0, 0.05) is 18.7 Å². The van der Waals surface area contributed by atoms with E-state index < -0.39 is 0 Å². The Bertz CT molecular complexity index is 197. The summed E-state index contributed by atoms with van der Waals surface area (Å²) in [6.45, 7) is 9.07. The van der Waals surface area contributed by atoms with Gasteiger partial charge in [0.15, 0.2) is 0 Å². The number of allylic oxidation sites excluding steroid dienone is 4. The van der Waals surface area contributed by atoms with E-state index in [-0.39, 0.29) is 0 Å². The van der Waals surface area contributed by atoms with Gasteiger partial charge in [-0.15, -0.1) is 0 Å². The van der Waals surface area contributed by atoms with Gasteiger partial charge in [0.25, 0.3) is 0 Å². The van der Waals surface area contributed by atoms with E-state index in [0.29, 0.717) is 0 Å². The Morgan fingerprint density at radius 3 is 2.42 bits per heavy atom. The molecular weight excluding hydrogens is 146 g/mol. The van der Waals surface area contributed by atoms with Crippen molar-refractivity contribution in [3.8, 4) is 0 Å². The van der Waals surface area contributed by atoms with E-state index in [1.807, 2.05) is 13.8 Å². The molecule has 0 heterocycles. The van der Waals surface area contributed by atoms with Crippen molar-refractivity contribution in [2.24, 2.45) is 4.99 Å². The molecule has 0 unspecified atom stereocenters. The number of hydrogen-bond donors (Lipinski definition) is 0. The fraction of sp³-hybridized carbons (Fsp3) is 0.545. The second-order valence-corrected chi connectivity index (χ2v) is 2.45. The summed E-state index contributed by atoms with van der Waals surface area (Å²) in [6, 6.07) is 0. The second kappa shape index (κ2) is 6.84. The Morgan fingerprint density at radius 1 is 1.33 bits per heavy atom. The van der Waals surface area contributed by atoms with E-state index >= 15 is 0 Å². The molecule has 1 rings (SSSR count). The molecule has 0 aromatic rings. The van der Waals surface area contributed by atoms with Crippen molar-refractivity contribution < 1.29 is 0 Å². The molecule has 0 spiro atoms. The average Bonchev–Trinajstić information content (AvgIpc) is 2.13. The van der Waals surface area contributed by atoms with Crippen LogP contribution in [0.1, 0.15) is 34.1 Å². The Morgan fingerprint density at radius 2 is 2.00 bits per heavy atom. The van der Waals surface area contributed by atoms with Gasteiger partial charge in [-0.25, -0.2) is 0 Å². The predicted molar refractivity (Wildman–Crippen MR) is 56.8 cm³/mol. The largest absolute Gasteiger partial charge is 0.290 e. The molecule has 1 heteroatoms. The van der Waals surface area contributed by atoms with Crippen LogP contribution in [0.5, 0.6) is 0 Å². The van der Waals surface area contributed by atoms with Gasteiger partial charge in [0.2, 0.25) is 0 Å². The van der Waals surface area contributed by atoms with Crippen molar-refractivity contribution >= 4 is 5.71 Å². The SMILES string of the molecule is CC.CCN=C1C=CC(C)=CC1. The lowest BCUT2D eigenvalue weighted by Gasteiger charge is -2.02. The van der Waals surface area contributed by atoms with Crippen LogP contribution in [0.25, 0.3) is 0 Å². The topological polar surface area (TPSA) is 12.4 Å². The summed E-state index contributed by atoms with van der Waals surface area (Å²) in [6.07, 6.45) is 7.42. The molecule has 0 aromatic heterocycles. The molecule has 0 atom stereocenters. The minimum atomic E-state index is 0.895. The van der Waals surface area contributed by atoms with Crippen LogP contribution in [0.4, 0.5) is 0 Å². The minimum absolute atomic E-state index is 0.895. The highest BCUT2D eigenvalue weighted by molar-refractivity contribution is 5.97. The monoisotopic (exact) mass is 165 g/mol. The summed E-state index contributed by atoms with van der Waals surface area (Å²) < 4.78 is 0. The fourth-order valence-electron chi connectivity index (χ4n) is 0.950. The quantitative estimate of drug-likeness (QED) is 0.565. The average molecular weight is 165 g/mol. The number of nitrogens with zero attached hydrogens (tertiary/aromatic N) is 1. The first-order valence-electron chi connectivity index (χ1n) is 4.71. The fourth-order valence-corrected chi connectivity index (χ4v) is 0.950. The Labute approximate surface area is 75.9 Å². The molecular formula is C11H19N. The van der Waals surface area contributed by atoms with E-state index in [1.54, 1.807) is 0 Å². The van der Waals surface area contributed by atoms with Crippen LogP contribution >= 0.6 is 0 Å². The molecule has 0 saturated carbocycles. The van der Waals surface area contributed by atoms with Crippen molar-refractivity contribution in [2.75, 3.05) is 6.54 Å². The number of hydrogen-bond acceptors (Lipinski definition) is 1. The van der Waals surface area contributed by atoms with Gasteiger partial charge >= 0.3 is 0 Å². The molecule has 0 radical (unpaired) electrons. The lowest BCUT2D eigenvalue weighted by Crippen LogP contribution is -1.96. The first-order valence-corrected chi connectivity index (χ1v) is 4.71. The normalized spacial score (nSPS) is 18.3. The number of rotatable bonds is 1. The molecule has 0 bridgehead atoms. The van der Waals surface area contributed by atoms with Crippen molar-refractivity contribution in [3.63, 3.8) is 0 Å². The third-order valence-corrected chi connectivity index (χ3v) is 1.53. The van der Waals surface area contributed by atoms with E-state index in [2.05, 4.69) is 37.1 Å². The van der Waals surface area contributed by atoms with Crippen LogP contribution in [0.15, 0.2) is 28.8 Å². The first-order chi connectivity index (χ1) is 5.83. The lowest BCUT2D eigenvalue weighted by molar-refractivity contribution is 1.11. The standard InChI is InChI=1S/C9H13N.C2H6/c1-3-10-9-6-4-8(2)5-7-9;1-2/h4-6H,3,7H2,1-2H3;1-2H3. The molecule has 12 heavy (non-hydrogen) atoms. The van der Waals surface area contributed by atoms with Crippen LogP contribution in [0.2, 0.25) is 0 Å². The second-order valence-electron chi connectivity index (χ2n) is 2.45. The van der Waals surface area contributed by atoms with Gasteiger partial charge < -0.3 is 0 Å². The Balaban J connectivity index is 0.000000561. The summed E-state index contributed by atoms with van der Waals surface area (Å²) in [7, 11) is 0. The zero-order valence-corrected chi connectivity index (χ0v) is 8.59. The third kappa shape index (κ3) is 4.12. The maximum Gasteiger partial charge on any atom is 0.0386 e. The van der Waals surface area contributed by atoms with Gasteiger partial charge in [-0.3, -0.25) is 4.99 Å². The van der Waals surface area contributed by atoms with Gasteiger partial charge in [-0.05, 0) is 19.9 Å². The molecule has 1 aliphatic rings. The molecule has 0 saturated heterocycles. The summed E-state index contributed by atoms with van der Waals surface area (Å²) in [5, 5.41) is 0. The molecule has 68 valence electrons. The first kappa shape index (κ1) is 11.2. The smallest absolute Gasteiger partial charge is 0.0386 e. The van der Waals surface area contributed by atoms with Crippen molar-refractivity contribution in [3.05, 3.63) is 23.8 Å². The molecule has 0 aromatic carbocycles. The van der Waals surface area contributed by atoms with Gasteiger partial charge in [0.1, 0.15) is 0 Å². The molecule has 1 aliphatic carbocycles. The highest BCUT2D eigenvalue weighted by atomic mass is 14.7. The minimum Gasteiger partial charge on any atom is -0.290 e. The predicted octanol–water partition coefficient (Wildman–Crippen LogP) is 3.38. The Hall–Kier alpha value is -0.850. The molecule has 0 amide bonds. The molecule has 0 N–H and O–H groups in total. The van der Waals surface area contributed by atoms with Gasteiger partial charge in [-0.1, -0.05) is 31.6 Å². The summed E-state index contributed by atoms with van der Waals surface area (Å²) in [5.41, 5.74) is 2.54. The molecule has 0 aliphatic heterocycles. The Kier molecular flexibility index (Phi) is 6.35. The summed E-state index contributed by atoms with van der Waals surface area (Å²) >= 11 is 0. The lowest BCUT2D eigenvalue weighted by atomic mass is 10.1. The zero-order chi connectivity index (χ0) is 9.40. The maximum atomic E-state index is 4.30. The van der Waals surface area contributed by atoms with Crippen LogP contribution in [0.3, 0.4) is 0 Å². The van der Waals surface area contributed by atoms with Crippen LogP contribution in [0, 0.1) is 0 Å². The summed E-state index contributed by atoms with van der Waals surface area (Å²) in [5.74, 6) is 0. The van der Waals surface area contributed by atoms with E-state index in [9.17, 15) is 0 Å². The van der Waals surface area contributed by atoms with Crippen LogP contribution < -0.4 is 0 Å².